The number of rotatable bonds is 7. The summed E-state index contributed by atoms with van der Waals surface area (Å²) in [5.41, 5.74) is 0. The Labute approximate surface area is 206 Å². The number of hydrogen-bond acceptors (Lipinski definition) is 7. The molecule has 3 aliphatic rings. The van der Waals surface area contributed by atoms with E-state index in [9.17, 15) is 18.3 Å². The van der Waals surface area contributed by atoms with Gasteiger partial charge < -0.3 is 24.8 Å². The third-order valence-electron chi connectivity index (χ3n) is 6.72. The van der Waals surface area contributed by atoms with E-state index in [0.717, 1.165) is 19.6 Å². The molecule has 1 aromatic rings. The maximum absolute atomic E-state index is 13.5. The summed E-state index contributed by atoms with van der Waals surface area (Å²) in [6.07, 6.45) is 1.96. The van der Waals surface area contributed by atoms with E-state index in [-0.39, 0.29) is 43.1 Å². The van der Waals surface area contributed by atoms with Gasteiger partial charge in [-0.3, -0.25) is 4.79 Å². The Morgan fingerprint density at radius 1 is 1.15 bits per heavy atom. The SMILES string of the molecule is O=C(C[C@@H]1CC[C@H]2[C@@H](COC[C@H](O)CN2S(=O)(=O)c2ccc(Cl)cc2)O1)NCCN1CCCC1. The van der Waals surface area contributed by atoms with Crippen LogP contribution in [0.4, 0.5) is 0 Å². The molecule has 2 N–H and O–H groups in total. The fourth-order valence-electron chi connectivity index (χ4n) is 4.95. The molecule has 3 aliphatic heterocycles. The van der Waals surface area contributed by atoms with E-state index in [1.54, 1.807) is 0 Å². The number of benzene rings is 1. The molecule has 0 radical (unpaired) electrons. The summed E-state index contributed by atoms with van der Waals surface area (Å²) < 4.78 is 40.0. The minimum atomic E-state index is -3.89. The van der Waals surface area contributed by atoms with Crippen LogP contribution < -0.4 is 5.32 Å². The van der Waals surface area contributed by atoms with Crippen LogP contribution in [0.3, 0.4) is 0 Å². The maximum atomic E-state index is 13.5. The second-order valence-corrected chi connectivity index (χ2v) is 11.6. The first-order chi connectivity index (χ1) is 16.3. The number of halogens is 1. The summed E-state index contributed by atoms with van der Waals surface area (Å²) >= 11 is 5.93. The molecule has 3 fully saturated rings. The van der Waals surface area contributed by atoms with Crippen molar-refractivity contribution < 1.29 is 27.8 Å². The number of carbonyl (C=O) groups excluding carboxylic acids is 1. The molecule has 9 nitrogen and oxygen atoms in total. The van der Waals surface area contributed by atoms with Crippen LogP contribution in [-0.4, -0.2) is 98.9 Å². The van der Waals surface area contributed by atoms with Gasteiger partial charge in [-0.25, -0.2) is 8.42 Å². The van der Waals surface area contributed by atoms with Crippen molar-refractivity contribution in [1.82, 2.24) is 14.5 Å². The monoisotopic (exact) mass is 515 g/mol. The molecule has 34 heavy (non-hydrogen) atoms. The van der Waals surface area contributed by atoms with E-state index in [4.69, 9.17) is 21.1 Å². The Morgan fingerprint density at radius 2 is 1.88 bits per heavy atom. The second-order valence-electron chi connectivity index (χ2n) is 9.26. The van der Waals surface area contributed by atoms with Crippen LogP contribution in [0.1, 0.15) is 32.1 Å². The van der Waals surface area contributed by atoms with Gasteiger partial charge in [0.2, 0.25) is 15.9 Å². The minimum absolute atomic E-state index is 0.0148. The largest absolute Gasteiger partial charge is 0.389 e. The standard InChI is InChI=1S/C23H34ClN3O6S/c24-17-3-6-20(7-4-17)34(30,31)27-14-18(28)15-32-16-22-21(27)8-5-19(33-22)13-23(29)25-9-12-26-10-1-2-11-26/h3-4,6-7,18-19,21-22,28H,1-2,5,8-16H2,(H,25,29)/t18-,19+,21+,22-/m1/s1. The molecule has 1 aromatic carbocycles. The van der Waals surface area contributed by atoms with Crippen molar-refractivity contribution in [1.29, 1.82) is 0 Å². The number of ether oxygens (including phenoxy) is 2. The molecule has 0 aliphatic carbocycles. The summed E-state index contributed by atoms with van der Waals surface area (Å²) in [4.78, 5) is 14.9. The van der Waals surface area contributed by atoms with Crippen LogP contribution in [0.15, 0.2) is 29.2 Å². The van der Waals surface area contributed by atoms with Gasteiger partial charge in [-0.05, 0) is 63.0 Å². The average molecular weight is 516 g/mol. The third-order valence-corrected chi connectivity index (χ3v) is 8.87. The van der Waals surface area contributed by atoms with Crippen LogP contribution >= 0.6 is 11.6 Å². The van der Waals surface area contributed by atoms with E-state index in [1.165, 1.54) is 41.4 Å². The number of likely N-dealkylation sites (tertiary alicyclic amines) is 1. The number of sulfonamides is 1. The molecular weight excluding hydrogens is 482 g/mol. The van der Waals surface area contributed by atoms with E-state index in [2.05, 4.69) is 10.2 Å². The molecular formula is C23H34ClN3O6S. The smallest absolute Gasteiger partial charge is 0.243 e. The van der Waals surface area contributed by atoms with E-state index in [1.807, 2.05) is 0 Å². The van der Waals surface area contributed by atoms with Gasteiger partial charge in [-0.1, -0.05) is 11.6 Å². The second kappa shape index (κ2) is 11.6. The molecule has 0 bridgehead atoms. The van der Waals surface area contributed by atoms with E-state index in [0.29, 0.717) is 24.4 Å². The van der Waals surface area contributed by atoms with Gasteiger partial charge in [0, 0.05) is 24.7 Å². The Balaban J connectivity index is 1.38. The lowest BCUT2D eigenvalue weighted by molar-refractivity contribution is -0.146. The van der Waals surface area contributed by atoms with Gasteiger partial charge >= 0.3 is 0 Å². The van der Waals surface area contributed by atoms with Crippen molar-refractivity contribution in [3.63, 3.8) is 0 Å². The number of nitrogens with zero attached hydrogens (tertiary/aromatic N) is 2. The Morgan fingerprint density at radius 3 is 2.62 bits per heavy atom. The normalized spacial score (nSPS) is 29.2. The lowest BCUT2D eigenvalue weighted by atomic mass is 9.96. The Kier molecular flexibility index (Phi) is 8.84. The molecule has 3 saturated heterocycles. The number of aliphatic hydroxyl groups excluding tert-OH is 1. The van der Waals surface area contributed by atoms with Gasteiger partial charge in [0.15, 0.2) is 0 Å². The number of β-amino-alcohol motifs (C(OH)–C–C–N with tert-alkyl or cyclic N) is 1. The first kappa shape index (κ1) is 25.8. The van der Waals surface area contributed by atoms with Crippen LogP contribution in [-0.2, 0) is 24.3 Å². The van der Waals surface area contributed by atoms with Gasteiger partial charge in [0.1, 0.15) is 0 Å². The van der Waals surface area contributed by atoms with E-state index < -0.39 is 28.3 Å². The molecule has 190 valence electrons. The van der Waals surface area contributed by atoms with E-state index >= 15 is 0 Å². The first-order valence-electron chi connectivity index (χ1n) is 12.0. The summed E-state index contributed by atoms with van der Waals surface area (Å²) in [5.74, 6) is -0.0597. The number of aliphatic hydroxyl groups is 1. The lowest BCUT2D eigenvalue weighted by Gasteiger charge is -2.43. The quantitative estimate of drug-likeness (QED) is 0.562. The Hall–Kier alpha value is -1.27. The molecule has 3 heterocycles. The molecule has 11 heteroatoms. The topological polar surface area (TPSA) is 108 Å². The van der Waals surface area contributed by atoms with Crippen molar-refractivity contribution in [3.05, 3.63) is 29.3 Å². The van der Waals surface area contributed by atoms with Crippen molar-refractivity contribution in [2.45, 2.75) is 61.4 Å². The average Bonchev–Trinajstić information content (AvgIpc) is 3.30. The highest BCUT2D eigenvalue weighted by Gasteiger charge is 2.43. The van der Waals surface area contributed by atoms with Gasteiger partial charge in [0.25, 0.3) is 0 Å². The minimum Gasteiger partial charge on any atom is -0.389 e. The maximum Gasteiger partial charge on any atom is 0.243 e. The van der Waals surface area contributed by atoms with Gasteiger partial charge in [-0.15, -0.1) is 0 Å². The molecule has 0 saturated carbocycles. The number of hydrogen-bond donors (Lipinski definition) is 2. The fraction of sp³-hybridized carbons (Fsp3) is 0.696. The van der Waals surface area contributed by atoms with Crippen LogP contribution in [0.5, 0.6) is 0 Å². The van der Waals surface area contributed by atoms with Crippen molar-refractivity contribution in [2.75, 3.05) is 45.9 Å². The number of nitrogens with one attached hydrogen (secondary N) is 1. The predicted molar refractivity (Wildman–Crippen MR) is 127 cm³/mol. The zero-order valence-electron chi connectivity index (χ0n) is 19.3. The third kappa shape index (κ3) is 6.48. The zero-order valence-corrected chi connectivity index (χ0v) is 20.8. The predicted octanol–water partition coefficient (Wildman–Crippen LogP) is 1.24. The highest BCUT2D eigenvalue weighted by Crippen LogP contribution is 2.31. The molecule has 1 amide bonds. The molecule has 4 rings (SSSR count). The summed E-state index contributed by atoms with van der Waals surface area (Å²) in [5, 5.41) is 13.7. The van der Waals surface area contributed by atoms with Gasteiger partial charge in [0.05, 0.1) is 48.9 Å². The summed E-state index contributed by atoms with van der Waals surface area (Å²) in [6.45, 7) is 3.74. The number of amides is 1. The summed E-state index contributed by atoms with van der Waals surface area (Å²) in [7, 11) is -3.89. The molecule has 0 unspecified atom stereocenters. The van der Waals surface area contributed by atoms with Crippen LogP contribution in [0, 0.1) is 0 Å². The summed E-state index contributed by atoms with van der Waals surface area (Å²) in [6, 6.07) is 5.50. The van der Waals surface area contributed by atoms with Crippen LogP contribution in [0.2, 0.25) is 5.02 Å². The van der Waals surface area contributed by atoms with Crippen molar-refractivity contribution in [2.24, 2.45) is 0 Å². The molecule has 0 spiro atoms. The number of carbonyl (C=O) groups is 1. The van der Waals surface area contributed by atoms with Crippen LogP contribution in [0.25, 0.3) is 0 Å². The fourth-order valence-corrected chi connectivity index (χ4v) is 6.79. The Bertz CT molecular complexity index is 925. The highest BCUT2D eigenvalue weighted by molar-refractivity contribution is 7.89. The molecule has 0 aromatic heterocycles. The molecule has 4 atom stereocenters. The lowest BCUT2D eigenvalue weighted by Crippen LogP contribution is -2.57. The first-order valence-corrected chi connectivity index (χ1v) is 13.8. The number of fused-ring (bicyclic) bond motifs is 1. The highest BCUT2D eigenvalue weighted by atomic mass is 35.5. The zero-order chi connectivity index (χ0) is 24.1. The van der Waals surface area contributed by atoms with Gasteiger partial charge in [-0.2, -0.15) is 4.31 Å². The van der Waals surface area contributed by atoms with Crippen molar-refractivity contribution in [3.8, 4) is 0 Å². The van der Waals surface area contributed by atoms with Crippen molar-refractivity contribution >= 4 is 27.5 Å².